The van der Waals surface area contributed by atoms with Gasteiger partial charge in [0.05, 0.1) is 6.10 Å². The lowest BCUT2D eigenvalue weighted by Crippen LogP contribution is -2.20. The fourth-order valence-electron chi connectivity index (χ4n) is 1.61. The molecular weight excluding hydrogens is 150 g/mol. The summed E-state index contributed by atoms with van der Waals surface area (Å²) in [6, 6.07) is 0.705. The molecule has 1 rings (SSSR count). The summed E-state index contributed by atoms with van der Waals surface area (Å²) in [6.07, 6.45) is 5.36. The van der Waals surface area contributed by atoms with Gasteiger partial charge in [0.15, 0.2) is 0 Å². The van der Waals surface area contributed by atoms with Crippen LogP contribution in [-0.2, 0) is 4.74 Å². The average Bonchev–Trinajstić information content (AvgIpc) is 2.53. The molecule has 12 heavy (non-hydrogen) atoms. The van der Waals surface area contributed by atoms with Gasteiger partial charge in [-0.3, -0.25) is 0 Å². The second-order valence-electron chi connectivity index (χ2n) is 3.60. The van der Waals surface area contributed by atoms with Gasteiger partial charge >= 0.3 is 0 Å². The van der Waals surface area contributed by atoms with Crippen LogP contribution in [0.15, 0.2) is 0 Å². The molecule has 2 atom stereocenters. The van der Waals surface area contributed by atoms with Crippen LogP contribution in [0.3, 0.4) is 0 Å². The van der Waals surface area contributed by atoms with Gasteiger partial charge in [-0.15, -0.1) is 0 Å². The minimum absolute atomic E-state index is 0.487. The number of ether oxygens (including phenoxy) is 1. The molecule has 0 amide bonds. The van der Waals surface area contributed by atoms with Crippen molar-refractivity contribution in [2.24, 2.45) is 0 Å². The molecule has 2 nitrogen and oxygen atoms in total. The van der Waals surface area contributed by atoms with Crippen LogP contribution in [0.25, 0.3) is 0 Å². The molecule has 0 aromatic heterocycles. The Morgan fingerprint density at radius 2 is 2.25 bits per heavy atom. The lowest BCUT2D eigenvalue weighted by Gasteiger charge is -2.09. The van der Waals surface area contributed by atoms with Crippen LogP contribution in [0.4, 0.5) is 0 Å². The van der Waals surface area contributed by atoms with Crippen LogP contribution >= 0.6 is 0 Å². The van der Waals surface area contributed by atoms with E-state index < -0.39 is 0 Å². The van der Waals surface area contributed by atoms with Crippen molar-refractivity contribution in [1.29, 1.82) is 0 Å². The van der Waals surface area contributed by atoms with Gasteiger partial charge in [0.25, 0.3) is 0 Å². The van der Waals surface area contributed by atoms with E-state index in [1.54, 1.807) is 0 Å². The fourth-order valence-corrected chi connectivity index (χ4v) is 1.61. The van der Waals surface area contributed by atoms with Gasteiger partial charge in [-0.2, -0.15) is 0 Å². The normalized spacial score (nSPS) is 29.5. The van der Waals surface area contributed by atoms with Crippen molar-refractivity contribution < 1.29 is 4.74 Å². The zero-order valence-corrected chi connectivity index (χ0v) is 8.31. The Morgan fingerprint density at radius 1 is 1.42 bits per heavy atom. The molecule has 1 aliphatic rings. The van der Waals surface area contributed by atoms with Gasteiger partial charge in [0, 0.05) is 19.2 Å². The molecule has 1 saturated heterocycles. The summed E-state index contributed by atoms with van der Waals surface area (Å²) in [7, 11) is 0. The van der Waals surface area contributed by atoms with E-state index in [0.29, 0.717) is 12.1 Å². The van der Waals surface area contributed by atoms with Crippen molar-refractivity contribution in [2.75, 3.05) is 13.2 Å². The molecule has 0 radical (unpaired) electrons. The van der Waals surface area contributed by atoms with Crippen LogP contribution in [-0.4, -0.2) is 25.3 Å². The van der Waals surface area contributed by atoms with Crippen LogP contribution in [0.5, 0.6) is 0 Å². The van der Waals surface area contributed by atoms with E-state index in [9.17, 15) is 0 Å². The van der Waals surface area contributed by atoms with Crippen LogP contribution in [0.1, 0.15) is 39.5 Å². The summed E-state index contributed by atoms with van der Waals surface area (Å²) in [4.78, 5) is 0. The van der Waals surface area contributed by atoms with Crippen molar-refractivity contribution in [3.63, 3.8) is 0 Å². The second kappa shape index (κ2) is 5.55. The van der Waals surface area contributed by atoms with Crippen molar-refractivity contribution >= 4 is 0 Å². The van der Waals surface area contributed by atoms with E-state index in [2.05, 4.69) is 19.2 Å². The highest BCUT2D eigenvalue weighted by molar-refractivity contribution is 4.80. The summed E-state index contributed by atoms with van der Waals surface area (Å²) in [5.74, 6) is 0. The highest BCUT2D eigenvalue weighted by atomic mass is 16.5. The summed E-state index contributed by atoms with van der Waals surface area (Å²) < 4.78 is 5.71. The van der Waals surface area contributed by atoms with Gasteiger partial charge in [-0.05, 0) is 19.3 Å². The number of hydrogen-bond donors (Lipinski definition) is 1. The Balaban J connectivity index is 2.03. The molecule has 0 aromatic rings. The number of hydrogen-bond acceptors (Lipinski definition) is 2. The molecule has 0 aromatic carbocycles. The van der Waals surface area contributed by atoms with Crippen molar-refractivity contribution in [3.8, 4) is 0 Å². The largest absolute Gasteiger partial charge is 0.377 e. The minimum atomic E-state index is 0.487. The van der Waals surface area contributed by atoms with Gasteiger partial charge in [0.2, 0.25) is 0 Å². The Kier molecular flexibility index (Phi) is 4.62. The maximum Gasteiger partial charge on any atom is 0.0714 e. The van der Waals surface area contributed by atoms with E-state index in [4.69, 9.17) is 4.74 Å². The van der Waals surface area contributed by atoms with Crippen molar-refractivity contribution in [3.05, 3.63) is 0 Å². The first kappa shape index (κ1) is 10.0. The van der Waals surface area contributed by atoms with Crippen LogP contribution in [0, 0.1) is 0 Å². The smallest absolute Gasteiger partial charge is 0.0714 e. The topological polar surface area (TPSA) is 21.3 Å². The first-order valence-corrected chi connectivity index (χ1v) is 5.21. The molecule has 0 saturated carbocycles. The molecule has 1 heterocycles. The maximum atomic E-state index is 5.71. The van der Waals surface area contributed by atoms with E-state index in [-0.39, 0.29) is 0 Å². The van der Waals surface area contributed by atoms with Gasteiger partial charge in [-0.1, -0.05) is 20.3 Å². The molecule has 0 bridgehead atoms. The molecule has 0 spiro atoms. The molecule has 1 aliphatic heterocycles. The van der Waals surface area contributed by atoms with Crippen LogP contribution in [0.2, 0.25) is 0 Å². The van der Waals surface area contributed by atoms with Crippen LogP contribution < -0.4 is 5.32 Å². The first-order valence-electron chi connectivity index (χ1n) is 5.21. The summed E-state index contributed by atoms with van der Waals surface area (Å²) in [6.45, 7) is 6.43. The monoisotopic (exact) mass is 171 g/mol. The van der Waals surface area contributed by atoms with Crippen molar-refractivity contribution in [2.45, 2.75) is 51.7 Å². The van der Waals surface area contributed by atoms with Gasteiger partial charge < -0.3 is 10.1 Å². The zero-order valence-electron chi connectivity index (χ0n) is 8.31. The highest BCUT2D eigenvalue weighted by Gasteiger charge is 2.22. The zero-order chi connectivity index (χ0) is 8.81. The predicted octanol–water partition coefficient (Wildman–Crippen LogP) is 1.94. The summed E-state index contributed by atoms with van der Waals surface area (Å²) in [5.41, 5.74) is 0. The summed E-state index contributed by atoms with van der Waals surface area (Å²) >= 11 is 0. The molecule has 1 N–H and O–H groups in total. The molecular formula is C10H21NO. The lowest BCUT2D eigenvalue weighted by atomic mass is 10.1. The minimum Gasteiger partial charge on any atom is -0.377 e. The predicted molar refractivity (Wildman–Crippen MR) is 51.3 cm³/mol. The fraction of sp³-hybridized carbons (Fsp3) is 1.00. The lowest BCUT2D eigenvalue weighted by molar-refractivity contribution is 0.0633. The summed E-state index contributed by atoms with van der Waals surface area (Å²) in [5, 5.41) is 3.46. The van der Waals surface area contributed by atoms with E-state index >= 15 is 0 Å². The first-order chi connectivity index (χ1) is 5.86. The average molecular weight is 171 g/mol. The molecule has 2 heteroatoms. The Labute approximate surface area is 75.7 Å². The Hall–Kier alpha value is -0.0800. The van der Waals surface area contributed by atoms with E-state index in [1.165, 1.54) is 25.7 Å². The molecule has 0 aliphatic carbocycles. The SMILES string of the molecule is CCCCO[C@H]1CN[C@H](CC)C1. The maximum absolute atomic E-state index is 5.71. The van der Waals surface area contributed by atoms with Gasteiger partial charge in [-0.25, -0.2) is 0 Å². The van der Waals surface area contributed by atoms with E-state index in [1.807, 2.05) is 0 Å². The Morgan fingerprint density at radius 3 is 2.83 bits per heavy atom. The Bertz CT molecular complexity index is 116. The number of unbranched alkanes of at least 4 members (excludes halogenated alkanes) is 1. The molecule has 0 unspecified atom stereocenters. The third-order valence-electron chi connectivity index (χ3n) is 2.53. The second-order valence-corrected chi connectivity index (χ2v) is 3.60. The van der Waals surface area contributed by atoms with E-state index in [0.717, 1.165) is 13.2 Å². The number of rotatable bonds is 5. The van der Waals surface area contributed by atoms with Crippen molar-refractivity contribution in [1.82, 2.24) is 5.32 Å². The third kappa shape index (κ3) is 3.11. The third-order valence-corrected chi connectivity index (χ3v) is 2.53. The van der Waals surface area contributed by atoms with Gasteiger partial charge in [0.1, 0.15) is 0 Å². The standard InChI is InChI=1S/C10H21NO/c1-3-5-6-12-10-7-9(4-2)11-8-10/h9-11H,3-8H2,1-2H3/t9-,10-/m1/s1. The highest BCUT2D eigenvalue weighted by Crippen LogP contribution is 2.12. The molecule has 72 valence electrons. The molecule has 1 fully saturated rings. The quantitative estimate of drug-likeness (QED) is 0.638. The number of nitrogens with one attached hydrogen (secondary N) is 1.